The molecule has 2 heterocycles. The molecule has 2 aromatic rings. The van der Waals surface area contributed by atoms with Gasteiger partial charge >= 0.3 is 0 Å². The van der Waals surface area contributed by atoms with Crippen LogP contribution in [0.15, 0.2) is 4.79 Å². The molecule has 2 rings (SSSR count). The number of fused-ring (bicyclic) bond motifs is 1. The first-order chi connectivity index (χ1) is 8.10. The van der Waals surface area contributed by atoms with Crippen molar-refractivity contribution >= 4 is 21.6 Å². The van der Waals surface area contributed by atoms with E-state index in [1.807, 2.05) is 26.8 Å². The smallest absolute Gasteiger partial charge is 0.263 e. The third-order valence-electron chi connectivity index (χ3n) is 2.91. The van der Waals surface area contributed by atoms with Crippen LogP contribution in [0.5, 0.6) is 0 Å². The van der Waals surface area contributed by atoms with Gasteiger partial charge in [-0.25, -0.2) is 4.98 Å². The minimum Gasteiger partial charge on any atom is -0.282 e. The molecule has 88 valence electrons. The van der Waals surface area contributed by atoms with Gasteiger partial charge < -0.3 is 0 Å². The third kappa shape index (κ3) is 1.75. The van der Waals surface area contributed by atoms with Crippen molar-refractivity contribution in [3.63, 3.8) is 0 Å². The predicted molar refractivity (Wildman–Crippen MR) is 68.3 cm³/mol. The highest BCUT2D eigenvalue weighted by molar-refractivity contribution is 7.18. The van der Waals surface area contributed by atoms with Gasteiger partial charge in [-0.1, -0.05) is 6.92 Å². The van der Waals surface area contributed by atoms with E-state index in [0.717, 1.165) is 15.3 Å². The van der Waals surface area contributed by atoms with E-state index in [-0.39, 0.29) is 12.1 Å². The van der Waals surface area contributed by atoms with Gasteiger partial charge in [-0.05, 0) is 19.4 Å². The Labute approximate surface area is 103 Å². The minimum absolute atomic E-state index is 0.0687. The summed E-state index contributed by atoms with van der Waals surface area (Å²) in [5.74, 6) is 0.685. The van der Waals surface area contributed by atoms with E-state index < -0.39 is 0 Å². The minimum atomic E-state index is -0.0877. The molecule has 0 aromatic carbocycles. The number of aryl methyl sites for hydroxylation is 3. The number of aromatic nitrogens is 2. The van der Waals surface area contributed by atoms with Crippen LogP contribution in [0.3, 0.4) is 0 Å². The zero-order valence-electron chi connectivity index (χ0n) is 10.1. The van der Waals surface area contributed by atoms with Gasteiger partial charge in [-0.15, -0.1) is 11.3 Å². The van der Waals surface area contributed by atoms with E-state index in [1.54, 1.807) is 11.3 Å². The maximum absolute atomic E-state index is 12.3. The molecule has 0 fully saturated rings. The van der Waals surface area contributed by atoms with Crippen LogP contribution in [0.1, 0.15) is 23.2 Å². The fourth-order valence-electron chi connectivity index (χ4n) is 1.87. The van der Waals surface area contributed by atoms with Crippen molar-refractivity contribution in [3.8, 4) is 6.07 Å². The summed E-state index contributed by atoms with van der Waals surface area (Å²) in [5, 5.41) is 9.44. The number of hydrogen-bond acceptors (Lipinski definition) is 4. The van der Waals surface area contributed by atoms with E-state index in [9.17, 15) is 4.79 Å². The topological polar surface area (TPSA) is 58.7 Å². The molecule has 0 amide bonds. The van der Waals surface area contributed by atoms with Gasteiger partial charge in [0.15, 0.2) is 0 Å². The average molecular weight is 247 g/mol. The van der Waals surface area contributed by atoms with Gasteiger partial charge in [0.05, 0.1) is 11.5 Å². The first-order valence-electron chi connectivity index (χ1n) is 5.46. The van der Waals surface area contributed by atoms with Crippen LogP contribution in [0, 0.1) is 25.2 Å². The Kier molecular flexibility index (Phi) is 2.99. The first kappa shape index (κ1) is 11.8. The van der Waals surface area contributed by atoms with Crippen molar-refractivity contribution in [1.29, 1.82) is 5.26 Å². The molecule has 0 unspecified atom stereocenters. The Morgan fingerprint density at radius 1 is 1.47 bits per heavy atom. The number of hydrogen-bond donors (Lipinski definition) is 0. The molecule has 0 aliphatic rings. The Balaban J connectivity index is 2.90. The lowest BCUT2D eigenvalue weighted by Gasteiger charge is -2.06. The molecule has 17 heavy (non-hydrogen) atoms. The van der Waals surface area contributed by atoms with Crippen molar-refractivity contribution in [1.82, 2.24) is 9.55 Å². The van der Waals surface area contributed by atoms with Crippen LogP contribution >= 0.6 is 11.3 Å². The molecular formula is C12H13N3OS. The molecule has 0 radical (unpaired) electrons. The normalized spacial score (nSPS) is 10.7. The van der Waals surface area contributed by atoms with Crippen molar-refractivity contribution in [2.75, 3.05) is 0 Å². The highest BCUT2D eigenvalue weighted by atomic mass is 32.1. The molecule has 0 aliphatic heterocycles. The number of rotatable bonds is 2. The van der Waals surface area contributed by atoms with Gasteiger partial charge in [-0.3, -0.25) is 9.36 Å². The number of thiophene rings is 1. The summed E-state index contributed by atoms with van der Waals surface area (Å²) in [6.07, 6.45) is 0.656. The lowest BCUT2D eigenvalue weighted by Crippen LogP contribution is -2.24. The van der Waals surface area contributed by atoms with E-state index in [4.69, 9.17) is 5.26 Å². The molecule has 0 aliphatic carbocycles. The van der Waals surface area contributed by atoms with Crippen molar-refractivity contribution < 1.29 is 0 Å². The molecule has 0 saturated carbocycles. The Hall–Kier alpha value is -1.67. The van der Waals surface area contributed by atoms with Gasteiger partial charge in [0.25, 0.3) is 5.56 Å². The van der Waals surface area contributed by atoms with Crippen molar-refractivity contribution in [2.24, 2.45) is 0 Å². The quantitative estimate of drug-likeness (QED) is 0.817. The van der Waals surface area contributed by atoms with Crippen LogP contribution in [0.25, 0.3) is 10.2 Å². The SMILES string of the molecule is CCc1nc2sc(C)c(C)c2c(=O)n1CC#N. The summed E-state index contributed by atoms with van der Waals surface area (Å²) in [4.78, 5) is 18.7. The van der Waals surface area contributed by atoms with Crippen LogP contribution in [0.4, 0.5) is 0 Å². The van der Waals surface area contributed by atoms with Crippen molar-refractivity contribution in [2.45, 2.75) is 33.7 Å². The second-order valence-electron chi connectivity index (χ2n) is 3.89. The van der Waals surface area contributed by atoms with E-state index in [0.29, 0.717) is 17.6 Å². The zero-order valence-corrected chi connectivity index (χ0v) is 10.9. The van der Waals surface area contributed by atoms with Crippen LogP contribution in [0.2, 0.25) is 0 Å². The molecule has 4 nitrogen and oxygen atoms in total. The Bertz CT molecular complexity index is 676. The number of nitriles is 1. The van der Waals surface area contributed by atoms with E-state index in [1.165, 1.54) is 4.57 Å². The molecule has 2 aromatic heterocycles. The molecule has 0 atom stereocenters. The predicted octanol–water partition coefficient (Wildman–Crippen LogP) is 2.16. The van der Waals surface area contributed by atoms with E-state index >= 15 is 0 Å². The molecule has 0 spiro atoms. The molecular weight excluding hydrogens is 234 g/mol. The summed E-state index contributed by atoms with van der Waals surface area (Å²) in [6, 6.07) is 2.02. The molecule has 0 saturated heterocycles. The molecule has 0 bridgehead atoms. The maximum Gasteiger partial charge on any atom is 0.263 e. The van der Waals surface area contributed by atoms with Gasteiger partial charge in [0.2, 0.25) is 0 Å². The fraction of sp³-hybridized carbons (Fsp3) is 0.417. The summed E-state index contributed by atoms with van der Waals surface area (Å²) < 4.78 is 1.47. The monoisotopic (exact) mass is 247 g/mol. The highest BCUT2D eigenvalue weighted by Crippen LogP contribution is 2.26. The van der Waals surface area contributed by atoms with Gasteiger partial charge in [0.1, 0.15) is 17.2 Å². The lowest BCUT2D eigenvalue weighted by molar-refractivity contribution is 0.707. The maximum atomic E-state index is 12.3. The van der Waals surface area contributed by atoms with E-state index in [2.05, 4.69) is 4.98 Å². The third-order valence-corrected chi connectivity index (χ3v) is 4.01. The van der Waals surface area contributed by atoms with Gasteiger partial charge in [-0.2, -0.15) is 5.26 Å². The van der Waals surface area contributed by atoms with Crippen LogP contribution in [-0.4, -0.2) is 9.55 Å². The highest BCUT2D eigenvalue weighted by Gasteiger charge is 2.15. The second-order valence-corrected chi connectivity index (χ2v) is 5.10. The standard InChI is InChI=1S/C12H13N3OS/c1-4-9-14-11-10(7(2)8(3)17-11)12(16)15(9)6-5-13/h4,6H2,1-3H3. The molecule has 5 heteroatoms. The summed E-state index contributed by atoms with van der Waals surface area (Å²) >= 11 is 1.54. The number of nitrogens with zero attached hydrogens (tertiary/aromatic N) is 3. The summed E-state index contributed by atoms with van der Waals surface area (Å²) in [5.41, 5.74) is 0.895. The average Bonchev–Trinajstić information content (AvgIpc) is 2.59. The summed E-state index contributed by atoms with van der Waals surface area (Å²) in [6.45, 7) is 5.93. The van der Waals surface area contributed by atoms with Crippen LogP contribution in [-0.2, 0) is 13.0 Å². The van der Waals surface area contributed by atoms with Crippen LogP contribution < -0.4 is 5.56 Å². The molecule has 0 N–H and O–H groups in total. The Morgan fingerprint density at radius 2 is 2.18 bits per heavy atom. The fourth-order valence-corrected chi connectivity index (χ4v) is 2.91. The lowest BCUT2D eigenvalue weighted by atomic mass is 10.2. The largest absolute Gasteiger partial charge is 0.282 e. The second kappa shape index (κ2) is 4.30. The first-order valence-corrected chi connectivity index (χ1v) is 6.28. The zero-order chi connectivity index (χ0) is 12.6. The van der Waals surface area contributed by atoms with Crippen molar-refractivity contribution in [3.05, 3.63) is 26.6 Å². The Morgan fingerprint density at radius 3 is 2.76 bits per heavy atom. The van der Waals surface area contributed by atoms with Gasteiger partial charge in [0, 0.05) is 11.3 Å². The summed E-state index contributed by atoms with van der Waals surface area (Å²) in [7, 11) is 0.